The number of benzene rings is 6. The lowest BCUT2D eigenvalue weighted by Crippen LogP contribution is -2.43. The van der Waals surface area contributed by atoms with Crippen LogP contribution in [0.15, 0.2) is 121 Å². The lowest BCUT2D eigenvalue weighted by molar-refractivity contribution is -0.143. The molecule has 17 heteroatoms. The molecule has 2 atom stereocenters. The Bertz CT molecular complexity index is 2830. The maximum atomic E-state index is 12.6. The number of thiocarbonyl (C=S) groups is 2. The Labute approximate surface area is 458 Å². The van der Waals surface area contributed by atoms with Gasteiger partial charge in [0.1, 0.15) is 22.1 Å². The number of nitrogen functional groups attached to an aromatic ring is 1. The van der Waals surface area contributed by atoms with E-state index in [-0.39, 0.29) is 44.6 Å². The number of hydrogen-bond acceptors (Lipinski definition) is 9. The third kappa shape index (κ3) is 17.3. The van der Waals surface area contributed by atoms with Crippen molar-refractivity contribution in [2.75, 3.05) is 25.3 Å². The first kappa shape index (κ1) is 60.7. The summed E-state index contributed by atoms with van der Waals surface area (Å²) in [5, 5.41) is 9.62. The molecule has 0 heterocycles. The summed E-state index contributed by atoms with van der Waals surface area (Å²) in [7, 11) is 2.73. The number of anilines is 2. The molecule has 0 bridgehead atoms. The predicted octanol–water partition coefficient (Wildman–Crippen LogP) is 13.4. The molecule has 0 aromatic heterocycles. The minimum atomic E-state index is -0.667. The van der Waals surface area contributed by atoms with E-state index in [1.807, 2.05) is 80.6 Å². The van der Waals surface area contributed by atoms with Gasteiger partial charge in [0.2, 0.25) is 0 Å². The number of aryl methyl sites for hydroxylation is 4. The summed E-state index contributed by atoms with van der Waals surface area (Å²) in [4.78, 5) is 49.1. The highest BCUT2D eigenvalue weighted by Crippen LogP contribution is 2.27. The second-order valence-electron chi connectivity index (χ2n) is 15.8. The van der Waals surface area contributed by atoms with Gasteiger partial charge in [-0.25, -0.2) is 9.59 Å². The van der Waals surface area contributed by atoms with Crippen LogP contribution in [0.3, 0.4) is 0 Å². The molecule has 0 radical (unpaired) electrons. The first-order valence-electron chi connectivity index (χ1n) is 22.1. The summed E-state index contributed by atoms with van der Waals surface area (Å²) in [5.41, 5.74) is 15.6. The number of nitrogens with two attached hydrogens (primary N) is 1. The molecule has 2 unspecified atom stereocenters. The maximum Gasteiger partial charge on any atom is 0.328 e. The van der Waals surface area contributed by atoms with Crippen molar-refractivity contribution < 1.29 is 28.7 Å². The summed E-state index contributed by atoms with van der Waals surface area (Å²) in [6.45, 7) is 8.18. The topological polar surface area (TPSA) is 149 Å². The van der Waals surface area contributed by atoms with Crippen molar-refractivity contribution in [2.45, 2.75) is 72.9 Å². The number of rotatable bonds is 15. The van der Waals surface area contributed by atoms with Gasteiger partial charge in [0, 0.05) is 35.3 Å². The Morgan fingerprint density at radius 1 is 0.556 bits per heavy atom. The van der Waals surface area contributed by atoms with Gasteiger partial charge in [-0.05, 0) is 120 Å². The quantitative estimate of drug-likeness (QED) is 0.0337. The van der Waals surface area contributed by atoms with Gasteiger partial charge in [0.25, 0.3) is 11.1 Å². The van der Waals surface area contributed by atoms with Crippen molar-refractivity contribution in [2.24, 2.45) is 0 Å². The van der Waals surface area contributed by atoms with Crippen molar-refractivity contribution in [1.29, 1.82) is 0 Å². The van der Waals surface area contributed by atoms with Gasteiger partial charge in [0.05, 0.1) is 45.4 Å². The van der Waals surface area contributed by atoms with Crippen LogP contribution in [0, 0.1) is 13.8 Å². The highest BCUT2D eigenvalue weighted by Gasteiger charge is 2.24. The molecule has 0 aliphatic carbocycles. The molecule has 0 saturated heterocycles. The SMILES string of the molecule is C.CCc1cccc(C)c1C(=S)NC(Cc1ccc(N)cc1)C(=O)OC.CCc1cccc(C)c1C(=S)NC(Cc1ccc(NC(=O)c2c(Cl)cccc2Cl)cc1)C(=O)OC.O=C(Cl)c1c(Cl)cccc1Cl. The average molecular weight is 1110 g/mol. The number of halogens is 5. The molecule has 0 fully saturated rings. The van der Waals surface area contributed by atoms with Gasteiger partial charge < -0.3 is 31.2 Å². The van der Waals surface area contributed by atoms with Crippen LogP contribution in [0.2, 0.25) is 20.1 Å². The van der Waals surface area contributed by atoms with Gasteiger partial charge in [-0.15, -0.1) is 0 Å². The molecule has 5 N–H and O–H groups in total. The summed E-state index contributed by atoms with van der Waals surface area (Å²) in [6.07, 6.45) is 2.53. The molecule has 72 heavy (non-hydrogen) atoms. The molecular weight excluding hydrogens is 1050 g/mol. The minimum Gasteiger partial charge on any atom is -0.467 e. The number of carbonyl (C=O) groups excluding carboxylic acids is 4. The zero-order valence-electron chi connectivity index (χ0n) is 39.8. The third-order valence-corrected chi connectivity index (χ3v) is 13.0. The van der Waals surface area contributed by atoms with Crippen LogP contribution in [0.25, 0.3) is 0 Å². The number of nitrogens with one attached hydrogen (secondary N) is 3. The van der Waals surface area contributed by atoms with E-state index in [0.717, 1.165) is 57.3 Å². The molecular formula is C55H57Cl5N4O6S2. The highest BCUT2D eigenvalue weighted by molar-refractivity contribution is 7.81. The van der Waals surface area contributed by atoms with Gasteiger partial charge in [-0.3, -0.25) is 9.59 Å². The fraction of sp³-hybridized carbons (Fsp3) is 0.236. The molecule has 6 aromatic rings. The maximum absolute atomic E-state index is 12.6. The molecule has 0 aliphatic rings. The Morgan fingerprint density at radius 3 is 1.26 bits per heavy atom. The number of hydrogen-bond donors (Lipinski definition) is 4. The zero-order chi connectivity index (χ0) is 52.4. The van der Waals surface area contributed by atoms with E-state index < -0.39 is 29.2 Å². The van der Waals surface area contributed by atoms with E-state index in [1.165, 1.54) is 14.2 Å². The van der Waals surface area contributed by atoms with Gasteiger partial charge in [0.15, 0.2) is 0 Å². The molecule has 6 rings (SSSR count). The summed E-state index contributed by atoms with van der Waals surface area (Å²) in [6, 6.07) is 35.2. The Morgan fingerprint density at radius 2 is 0.917 bits per heavy atom. The highest BCUT2D eigenvalue weighted by atomic mass is 35.5. The molecule has 6 aromatic carbocycles. The largest absolute Gasteiger partial charge is 0.467 e. The number of ether oxygens (including phenoxy) is 2. The smallest absolute Gasteiger partial charge is 0.328 e. The number of amides is 1. The summed E-state index contributed by atoms with van der Waals surface area (Å²) in [5.74, 6) is -1.16. The van der Waals surface area contributed by atoms with Crippen molar-refractivity contribution in [3.63, 3.8) is 0 Å². The van der Waals surface area contributed by atoms with E-state index in [4.69, 9.17) is 97.6 Å². The molecule has 0 aliphatic heterocycles. The Balaban J connectivity index is 0.000000321. The number of carbonyl (C=O) groups is 4. The second kappa shape index (κ2) is 29.8. The summed E-state index contributed by atoms with van der Waals surface area (Å²) < 4.78 is 9.96. The van der Waals surface area contributed by atoms with Gasteiger partial charge in [-0.1, -0.05) is 165 Å². The van der Waals surface area contributed by atoms with E-state index >= 15 is 0 Å². The molecule has 0 saturated carbocycles. The van der Waals surface area contributed by atoms with E-state index in [0.29, 0.717) is 34.2 Å². The number of esters is 2. The normalized spacial score (nSPS) is 11.1. The standard InChI is InChI=1S/C27H26Cl2N2O3S.C20H24N2O2S.C7H3Cl3O.CH4/c1-4-18-8-5-7-16(2)23(18)26(35)31-22(27(33)34-3)15-17-11-13-19(14-12-17)30-25(32)24-20(28)9-6-10-21(24)29;1-4-15-7-5-6-13(2)18(15)19(25)22-17(20(23)24-3)12-14-8-10-16(21)11-9-14;8-4-2-1-3-5(9)6(4)7(10)11;/h5-14,22H,4,15H2,1-3H3,(H,30,32)(H,31,35);5-11,17H,4,12,21H2,1-3H3,(H,22,25);1-3H;1H4. The van der Waals surface area contributed by atoms with Gasteiger partial charge in [-0.2, -0.15) is 0 Å². The molecule has 0 spiro atoms. The van der Waals surface area contributed by atoms with Gasteiger partial charge >= 0.3 is 11.9 Å². The number of methoxy groups -OCH3 is 2. The van der Waals surface area contributed by atoms with Crippen LogP contribution in [0.1, 0.15) is 86.5 Å². The second-order valence-corrected chi connectivity index (χ2v) is 18.6. The van der Waals surface area contributed by atoms with Crippen molar-refractivity contribution in [3.05, 3.63) is 197 Å². The third-order valence-electron chi connectivity index (χ3n) is 10.9. The Hall–Kier alpha value is -5.57. The minimum absolute atomic E-state index is 0. The Kier molecular flexibility index (Phi) is 25.2. The molecule has 10 nitrogen and oxygen atoms in total. The summed E-state index contributed by atoms with van der Waals surface area (Å²) >= 11 is 40.0. The van der Waals surface area contributed by atoms with Crippen LogP contribution in [0.4, 0.5) is 11.4 Å². The lowest BCUT2D eigenvalue weighted by Gasteiger charge is -2.21. The first-order valence-corrected chi connectivity index (χ1v) is 24.8. The van der Waals surface area contributed by atoms with Crippen LogP contribution in [-0.2, 0) is 44.7 Å². The predicted molar refractivity (Wildman–Crippen MR) is 305 cm³/mol. The van der Waals surface area contributed by atoms with E-state index in [1.54, 1.807) is 48.5 Å². The molecule has 1 amide bonds. The van der Waals surface area contributed by atoms with Crippen LogP contribution >= 0.6 is 82.4 Å². The molecule has 380 valence electrons. The van der Waals surface area contributed by atoms with Crippen molar-refractivity contribution in [3.8, 4) is 0 Å². The first-order chi connectivity index (χ1) is 33.8. The zero-order valence-corrected chi connectivity index (χ0v) is 45.2. The fourth-order valence-electron chi connectivity index (χ4n) is 7.27. The fourth-order valence-corrected chi connectivity index (χ4v) is 9.58. The monoisotopic (exact) mass is 1110 g/mol. The average Bonchev–Trinajstić information content (AvgIpc) is 3.34. The lowest BCUT2D eigenvalue weighted by atomic mass is 9.99. The van der Waals surface area contributed by atoms with E-state index in [9.17, 15) is 19.2 Å². The van der Waals surface area contributed by atoms with E-state index in [2.05, 4.69) is 35.9 Å². The van der Waals surface area contributed by atoms with Crippen LogP contribution in [-0.4, -0.2) is 59.4 Å². The van der Waals surface area contributed by atoms with Crippen molar-refractivity contribution >= 4 is 127 Å². The van der Waals surface area contributed by atoms with Crippen LogP contribution < -0.4 is 21.7 Å². The van der Waals surface area contributed by atoms with Crippen molar-refractivity contribution in [1.82, 2.24) is 10.6 Å². The van der Waals surface area contributed by atoms with Crippen LogP contribution in [0.5, 0.6) is 0 Å².